The highest BCUT2D eigenvalue weighted by atomic mass is 35.5. The molecule has 0 spiro atoms. The molecule has 0 unspecified atom stereocenters. The molecular formula is C16H14ClN5O2. The first kappa shape index (κ1) is 14.8. The second-order valence-electron chi connectivity index (χ2n) is 5.19. The molecule has 7 nitrogen and oxygen atoms in total. The SMILES string of the molecule is Cn1cnc2c(Cl)nc3cc(OCCOc4ccccc4)nn3c21. The van der Waals surface area contributed by atoms with E-state index in [1.807, 2.05) is 41.9 Å². The van der Waals surface area contributed by atoms with Gasteiger partial charge < -0.3 is 14.0 Å². The average molecular weight is 344 g/mol. The van der Waals surface area contributed by atoms with Crippen LogP contribution in [0, 0.1) is 0 Å². The number of hydrogen-bond acceptors (Lipinski definition) is 5. The summed E-state index contributed by atoms with van der Waals surface area (Å²) in [7, 11) is 1.88. The summed E-state index contributed by atoms with van der Waals surface area (Å²) in [5.41, 5.74) is 1.98. The molecular weight excluding hydrogens is 330 g/mol. The fourth-order valence-electron chi connectivity index (χ4n) is 2.45. The molecule has 0 radical (unpaired) electrons. The van der Waals surface area contributed by atoms with Crippen molar-refractivity contribution in [2.24, 2.45) is 7.05 Å². The predicted octanol–water partition coefficient (Wildman–Crippen LogP) is 2.73. The summed E-state index contributed by atoms with van der Waals surface area (Å²) in [6.07, 6.45) is 1.67. The third-order valence-electron chi connectivity index (χ3n) is 3.53. The minimum Gasteiger partial charge on any atom is -0.490 e. The molecule has 0 aliphatic heterocycles. The molecule has 24 heavy (non-hydrogen) atoms. The summed E-state index contributed by atoms with van der Waals surface area (Å²) in [6, 6.07) is 11.3. The van der Waals surface area contributed by atoms with Crippen LogP contribution in [0.3, 0.4) is 0 Å². The number of halogens is 1. The molecule has 8 heteroatoms. The van der Waals surface area contributed by atoms with E-state index in [2.05, 4.69) is 15.1 Å². The lowest BCUT2D eigenvalue weighted by Gasteiger charge is -2.05. The first-order chi connectivity index (χ1) is 11.7. The van der Waals surface area contributed by atoms with Gasteiger partial charge in [0.25, 0.3) is 0 Å². The number of fused-ring (bicyclic) bond motifs is 3. The smallest absolute Gasteiger partial charge is 0.235 e. The monoisotopic (exact) mass is 343 g/mol. The highest BCUT2D eigenvalue weighted by molar-refractivity contribution is 6.33. The van der Waals surface area contributed by atoms with Crippen molar-refractivity contribution in [3.63, 3.8) is 0 Å². The Labute approximate surface area is 142 Å². The van der Waals surface area contributed by atoms with Gasteiger partial charge >= 0.3 is 0 Å². The standard InChI is InChI=1S/C16H14ClN5O2/c1-21-10-18-14-15(17)19-12-9-13(20-22(12)16(14)21)24-8-7-23-11-5-3-2-4-6-11/h2-6,9-10H,7-8H2,1H3. The highest BCUT2D eigenvalue weighted by Gasteiger charge is 2.14. The van der Waals surface area contributed by atoms with E-state index in [1.54, 1.807) is 16.9 Å². The maximum Gasteiger partial charge on any atom is 0.235 e. The maximum absolute atomic E-state index is 6.16. The summed E-state index contributed by atoms with van der Waals surface area (Å²) in [4.78, 5) is 8.53. The van der Waals surface area contributed by atoms with E-state index in [9.17, 15) is 0 Å². The van der Waals surface area contributed by atoms with Gasteiger partial charge in [-0.1, -0.05) is 29.8 Å². The second kappa shape index (κ2) is 6.01. The Kier molecular flexibility index (Phi) is 3.70. The zero-order chi connectivity index (χ0) is 16.5. The van der Waals surface area contributed by atoms with Gasteiger partial charge in [0, 0.05) is 13.1 Å². The van der Waals surface area contributed by atoms with E-state index in [0.29, 0.717) is 35.4 Å². The van der Waals surface area contributed by atoms with Crippen LogP contribution in [-0.4, -0.2) is 37.4 Å². The molecule has 0 aliphatic rings. The highest BCUT2D eigenvalue weighted by Crippen LogP contribution is 2.23. The van der Waals surface area contributed by atoms with Crippen molar-refractivity contribution in [3.8, 4) is 11.6 Å². The fourth-order valence-corrected chi connectivity index (χ4v) is 2.67. The van der Waals surface area contributed by atoms with Gasteiger partial charge in [0.2, 0.25) is 5.88 Å². The Balaban J connectivity index is 1.51. The summed E-state index contributed by atoms with van der Waals surface area (Å²) in [6.45, 7) is 0.800. The molecule has 0 saturated heterocycles. The molecule has 3 heterocycles. The second-order valence-corrected chi connectivity index (χ2v) is 5.55. The zero-order valence-electron chi connectivity index (χ0n) is 12.9. The van der Waals surface area contributed by atoms with Gasteiger partial charge in [-0.3, -0.25) is 0 Å². The van der Waals surface area contributed by atoms with E-state index in [0.717, 1.165) is 11.4 Å². The summed E-state index contributed by atoms with van der Waals surface area (Å²) in [5, 5.41) is 4.76. The van der Waals surface area contributed by atoms with Crippen molar-refractivity contribution >= 4 is 28.4 Å². The lowest BCUT2D eigenvalue weighted by atomic mass is 10.3. The number of ether oxygens (including phenoxy) is 2. The van der Waals surface area contributed by atoms with Crippen molar-refractivity contribution < 1.29 is 9.47 Å². The Bertz CT molecular complexity index is 996. The molecule has 0 amide bonds. The summed E-state index contributed by atoms with van der Waals surface area (Å²) < 4.78 is 14.7. The molecule has 4 rings (SSSR count). The minimum atomic E-state index is 0.344. The number of rotatable bonds is 5. The first-order valence-corrected chi connectivity index (χ1v) is 7.77. The third-order valence-corrected chi connectivity index (χ3v) is 3.79. The van der Waals surface area contributed by atoms with E-state index in [-0.39, 0.29) is 0 Å². The molecule has 0 atom stereocenters. The number of imidazole rings is 1. The normalized spacial score (nSPS) is 11.2. The molecule has 3 aromatic heterocycles. The predicted molar refractivity (Wildman–Crippen MR) is 89.7 cm³/mol. The van der Waals surface area contributed by atoms with Gasteiger partial charge in [-0.2, -0.15) is 4.52 Å². The number of aromatic nitrogens is 5. The van der Waals surface area contributed by atoms with Crippen LogP contribution in [0.2, 0.25) is 5.15 Å². The average Bonchev–Trinajstić information content (AvgIpc) is 3.16. The zero-order valence-corrected chi connectivity index (χ0v) is 13.6. The van der Waals surface area contributed by atoms with Crippen molar-refractivity contribution in [1.29, 1.82) is 0 Å². The minimum absolute atomic E-state index is 0.344. The van der Waals surface area contributed by atoms with Gasteiger partial charge in [-0.15, -0.1) is 5.10 Å². The summed E-state index contributed by atoms with van der Waals surface area (Å²) >= 11 is 6.16. The van der Waals surface area contributed by atoms with Gasteiger partial charge in [-0.05, 0) is 12.1 Å². The van der Waals surface area contributed by atoms with Crippen LogP contribution in [0.25, 0.3) is 16.8 Å². The molecule has 0 bridgehead atoms. The van der Waals surface area contributed by atoms with Gasteiger partial charge in [0.05, 0.1) is 6.33 Å². The Hall–Kier alpha value is -2.80. The van der Waals surface area contributed by atoms with Gasteiger partial charge in [-0.25, -0.2) is 9.97 Å². The summed E-state index contributed by atoms with van der Waals surface area (Å²) in [5.74, 6) is 1.27. The van der Waals surface area contributed by atoms with E-state index in [4.69, 9.17) is 21.1 Å². The molecule has 0 saturated carbocycles. The lowest BCUT2D eigenvalue weighted by Crippen LogP contribution is -2.09. The Morgan fingerprint density at radius 1 is 1.12 bits per heavy atom. The number of nitrogens with zero attached hydrogens (tertiary/aromatic N) is 5. The number of aryl methyl sites for hydroxylation is 1. The number of hydrogen-bond donors (Lipinski definition) is 0. The molecule has 0 N–H and O–H groups in total. The van der Waals surface area contributed by atoms with E-state index >= 15 is 0 Å². The number of para-hydroxylation sites is 1. The first-order valence-electron chi connectivity index (χ1n) is 7.39. The van der Waals surface area contributed by atoms with Crippen LogP contribution in [0.15, 0.2) is 42.7 Å². The topological polar surface area (TPSA) is 66.5 Å². The molecule has 0 aliphatic carbocycles. The number of benzene rings is 1. The largest absolute Gasteiger partial charge is 0.490 e. The van der Waals surface area contributed by atoms with Crippen molar-refractivity contribution in [1.82, 2.24) is 24.1 Å². The third kappa shape index (κ3) is 2.63. The van der Waals surface area contributed by atoms with Crippen molar-refractivity contribution in [3.05, 3.63) is 47.9 Å². The van der Waals surface area contributed by atoms with Crippen LogP contribution in [0.5, 0.6) is 11.6 Å². The van der Waals surface area contributed by atoms with E-state index in [1.165, 1.54) is 0 Å². The van der Waals surface area contributed by atoms with Crippen LogP contribution in [0.1, 0.15) is 0 Å². The van der Waals surface area contributed by atoms with Crippen LogP contribution < -0.4 is 9.47 Å². The van der Waals surface area contributed by atoms with Gasteiger partial charge in [0.15, 0.2) is 16.4 Å². The Morgan fingerprint density at radius 3 is 2.75 bits per heavy atom. The Morgan fingerprint density at radius 2 is 1.92 bits per heavy atom. The van der Waals surface area contributed by atoms with E-state index < -0.39 is 0 Å². The van der Waals surface area contributed by atoms with Crippen LogP contribution in [-0.2, 0) is 7.05 Å². The lowest BCUT2D eigenvalue weighted by molar-refractivity contribution is 0.211. The maximum atomic E-state index is 6.16. The fraction of sp³-hybridized carbons (Fsp3) is 0.188. The van der Waals surface area contributed by atoms with Crippen LogP contribution >= 0.6 is 11.6 Å². The van der Waals surface area contributed by atoms with Crippen molar-refractivity contribution in [2.45, 2.75) is 0 Å². The van der Waals surface area contributed by atoms with Crippen LogP contribution in [0.4, 0.5) is 0 Å². The molecule has 4 aromatic rings. The van der Waals surface area contributed by atoms with Gasteiger partial charge in [0.1, 0.15) is 24.5 Å². The molecule has 122 valence electrons. The quantitative estimate of drug-likeness (QED) is 0.412. The molecule has 1 aromatic carbocycles. The molecule has 0 fully saturated rings. The van der Waals surface area contributed by atoms with Crippen molar-refractivity contribution in [2.75, 3.05) is 13.2 Å².